The molecule has 0 radical (unpaired) electrons. The van der Waals surface area contributed by atoms with Gasteiger partial charge in [-0.1, -0.05) is 0 Å². The van der Waals surface area contributed by atoms with E-state index in [-0.39, 0.29) is 0 Å². The lowest BCUT2D eigenvalue weighted by Crippen LogP contribution is -2.10. The average molecular weight is 146 g/mol. The lowest BCUT2D eigenvalue weighted by molar-refractivity contribution is 0.102. The molecule has 0 bridgehead atoms. The summed E-state index contributed by atoms with van der Waals surface area (Å²) in [5, 5.41) is 8.52. The van der Waals surface area contributed by atoms with Crippen molar-refractivity contribution in [1.82, 2.24) is 0 Å². The molecule has 1 fully saturated rings. The van der Waals surface area contributed by atoms with Gasteiger partial charge in [0.15, 0.2) is 0 Å². The minimum absolute atomic E-state index is 0.500. The van der Waals surface area contributed by atoms with Gasteiger partial charge in [0.25, 0.3) is 0 Å². The Labute approximate surface area is 63.2 Å². The third kappa shape index (κ3) is 15.7. The second kappa shape index (κ2) is 4.69. The first-order valence-electron chi connectivity index (χ1n) is 3.80. The Morgan fingerprint density at radius 3 is 1.50 bits per heavy atom. The standard InChI is InChI=1S/C4H8O.C4H10O/c1-2-4-5-3-1;1-4(2,3)5/h1-4H2;5H,1-3H3. The highest BCUT2D eigenvalue weighted by atomic mass is 16.5. The Kier molecular flexibility index (Phi) is 4.65. The quantitative estimate of drug-likeness (QED) is 0.562. The molecule has 0 unspecified atom stereocenters. The molecule has 1 aliphatic heterocycles. The fourth-order valence-corrected chi connectivity index (χ4v) is 0.510. The van der Waals surface area contributed by atoms with Crippen LogP contribution in [0.25, 0.3) is 0 Å². The first-order chi connectivity index (χ1) is 4.50. The van der Waals surface area contributed by atoms with Gasteiger partial charge in [-0.15, -0.1) is 0 Å². The van der Waals surface area contributed by atoms with Gasteiger partial charge < -0.3 is 9.84 Å². The summed E-state index contributed by atoms with van der Waals surface area (Å²) in [6.45, 7) is 7.23. The van der Waals surface area contributed by atoms with E-state index in [0.717, 1.165) is 13.2 Å². The van der Waals surface area contributed by atoms with Crippen LogP contribution < -0.4 is 0 Å². The van der Waals surface area contributed by atoms with Gasteiger partial charge in [0, 0.05) is 13.2 Å². The smallest absolute Gasteiger partial charge is 0.0563 e. The fraction of sp³-hybridized carbons (Fsp3) is 1.00. The molecule has 1 saturated heterocycles. The zero-order valence-corrected chi connectivity index (χ0v) is 7.18. The maximum absolute atomic E-state index is 8.52. The van der Waals surface area contributed by atoms with Crippen LogP contribution in [-0.2, 0) is 4.74 Å². The summed E-state index contributed by atoms with van der Waals surface area (Å²) < 4.78 is 4.94. The lowest BCUT2D eigenvalue weighted by Gasteiger charge is -2.04. The van der Waals surface area contributed by atoms with E-state index in [1.165, 1.54) is 12.8 Å². The predicted molar refractivity (Wildman–Crippen MR) is 42.0 cm³/mol. The number of hydrogen-bond donors (Lipinski definition) is 1. The SMILES string of the molecule is C1CCOC1.CC(C)(C)O. The van der Waals surface area contributed by atoms with Gasteiger partial charge in [0.1, 0.15) is 0 Å². The van der Waals surface area contributed by atoms with Gasteiger partial charge >= 0.3 is 0 Å². The number of aliphatic hydroxyl groups is 1. The van der Waals surface area contributed by atoms with E-state index in [2.05, 4.69) is 0 Å². The van der Waals surface area contributed by atoms with Crippen LogP contribution in [0.4, 0.5) is 0 Å². The Morgan fingerprint density at radius 1 is 1.10 bits per heavy atom. The molecule has 10 heavy (non-hydrogen) atoms. The lowest BCUT2D eigenvalue weighted by atomic mass is 10.2. The number of rotatable bonds is 0. The highest BCUT2D eigenvalue weighted by Crippen LogP contribution is 1.98. The summed E-state index contributed by atoms with van der Waals surface area (Å²) in [4.78, 5) is 0. The topological polar surface area (TPSA) is 29.5 Å². The Hall–Kier alpha value is -0.0800. The number of hydrogen-bond acceptors (Lipinski definition) is 2. The number of ether oxygens (including phenoxy) is 1. The molecule has 0 aromatic carbocycles. The van der Waals surface area contributed by atoms with Gasteiger partial charge in [-0.05, 0) is 33.6 Å². The van der Waals surface area contributed by atoms with Crippen molar-refractivity contribution in [2.45, 2.75) is 39.2 Å². The highest BCUT2D eigenvalue weighted by molar-refractivity contribution is 4.50. The minimum Gasteiger partial charge on any atom is -0.391 e. The van der Waals surface area contributed by atoms with Gasteiger partial charge in [-0.2, -0.15) is 0 Å². The third-order valence-corrected chi connectivity index (χ3v) is 0.827. The minimum atomic E-state index is -0.500. The van der Waals surface area contributed by atoms with Crippen molar-refractivity contribution in [2.75, 3.05) is 13.2 Å². The first-order valence-corrected chi connectivity index (χ1v) is 3.80. The molecule has 0 atom stereocenters. The van der Waals surface area contributed by atoms with Crippen molar-refractivity contribution in [3.63, 3.8) is 0 Å². The molecular weight excluding hydrogens is 128 g/mol. The van der Waals surface area contributed by atoms with Gasteiger partial charge in [0.05, 0.1) is 5.60 Å². The van der Waals surface area contributed by atoms with Crippen LogP contribution >= 0.6 is 0 Å². The van der Waals surface area contributed by atoms with Crippen molar-refractivity contribution in [1.29, 1.82) is 0 Å². The maximum Gasteiger partial charge on any atom is 0.0563 e. The molecular formula is C8H18O2. The molecule has 2 nitrogen and oxygen atoms in total. The predicted octanol–water partition coefficient (Wildman–Crippen LogP) is 1.57. The highest BCUT2D eigenvalue weighted by Gasteiger charge is 1.97. The average Bonchev–Trinajstić information content (AvgIpc) is 2.07. The molecule has 1 N–H and O–H groups in total. The first kappa shape index (κ1) is 9.92. The monoisotopic (exact) mass is 146 g/mol. The van der Waals surface area contributed by atoms with E-state index < -0.39 is 5.60 Å². The van der Waals surface area contributed by atoms with E-state index in [0.29, 0.717) is 0 Å². The van der Waals surface area contributed by atoms with Crippen molar-refractivity contribution >= 4 is 0 Å². The van der Waals surface area contributed by atoms with E-state index in [4.69, 9.17) is 9.84 Å². The second-order valence-electron chi connectivity index (χ2n) is 3.49. The molecule has 0 spiro atoms. The molecule has 1 aliphatic rings. The fourth-order valence-electron chi connectivity index (χ4n) is 0.510. The van der Waals surface area contributed by atoms with Crippen molar-refractivity contribution in [3.05, 3.63) is 0 Å². The van der Waals surface area contributed by atoms with Crippen LogP contribution in [0.15, 0.2) is 0 Å². The van der Waals surface area contributed by atoms with E-state index in [1.54, 1.807) is 20.8 Å². The Balaban J connectivity index is 0.000000162. The van der Waals surface area contributed by atoms with Gasteiger partial charge in [-0.25, -0.2) is 0 Å². The molecule has 0 aromatic heterocycles. The van der Waals surface area contributed by atoms with Gasteiger partial charge in [0.2, 0.25) is 0 Å². The second-order valence-corrected chi connectivity index (χ2v) is 3.49. The van der Waals surface area contributed by atoms with E-state index in [1.807, 2.05) is 0 Å². The van der Waals surface area contributed by atoms with Crippen LogP contribution in [0.1, 0.15) is 33.6 Å². The van der Waals surface area contributed by atoms with E-state index in [9.17, 15) is 0 Å². The Morgan fingerprint density at radius 2 is 1.40 bits per heavy atom. The Bertz CT molecular complexity index is 56.2. The molecule has 0 saturated carbocycles. The van der Waals surface area contributed by atoms with Crippen LogP contribution in [-0.4, -0.2) is 23.9 Å². The summed E-state index contributed by atoms with van der Waals surface area (Å²) >= 11 is 0. The molecule has 0 aliphatic carbocycles. The maximum atomic E-state index is 8.52. The zero-order valence-electron chi connectivity index (χ0n) is 7.18. The van der Waals surface area contributed by atoms with Crippen molar-refractivity contribution < 1.29 is 9.84 Å². The summed E-state index contributed by atoms with van der Waals surface area (Å²) in [7, 11) is 0. The molecule has 1 heterocycles. The summed E-state index contributed by atoms with van der Waals surface area (Å²) in [5.74, 6) is 0. The summed E-state index contributed by atoms with van der Waals surface area (Å²) in [5.41, 5.74) is -0.500. The largest absolute Gasteiger partial charge is 0.391 e. The normalized spacial score (nSPS) is 18.0. The van der Waals surface area contributed by atoms with Crippen LogP contribution in [0, 0.1) is 0 Å². The molecule has 0 amide bonds. The summed E-state index contributed by atoms with van der Waals surface area (Å²) in [6, 6.07) is 0. The molecule has 0 aromatic rings. The van der Waals surface area contributed by atoms with Crippen LogP contribution in [0.5, 0.6) is 0 Å². The van der Waals surface area contributed by atoms with Gasteiger partial charge in [-0.3, -0.25) is 0 Å². The molecule has 1 rings (SSSR count). The summed E-state index contributed by atoms with van der Waals surface area (Å²) in [6.07, 6.45) is 2.56. The zero-order chi connectivity index (χ0) is 8.04. The van der Waals surface area contributed by atoms with Crippen LogP contribution in [0.2, 0.25) is 0 Å². The third-order valence-electron chi connectivity index (χ3n) is 0.827. The van der Waals surface area contributed by atoms with Crippen molar-refractivity contribution in [3.8, 4) is 0 Å². The van der Waals surface area contributed by atoms with Crippen LogP contribution in [0.3, 0.4) is 0 Å². The van der Waals surface area contributed by atoms with E-state index >= 15 is 0 Å². The van der Waals surface area contributed by atoms with Crippen molar-refractivity contribution in [2.24, 2.45) is 0 Å². The molecule has 2 heteroatoms. The molecule has 62 valence electrons.